The second-order valence-electron chi connectivity index (χ2n) is 3.05. The van der Waals surface area contributed by atoms with Crippen LogP contribution in [0.3, 0.4) is 0 Å². The summed E-state index contributed by atoms with van der Waals surface area (Å²) in [4.78, 5) is 0. The van der Waals surface area contributed by atoms with Gasteiger partial charge in [-0.3, -0.25) is 0 Å². The van der Waals surface area contributed by atoms with E-state index in [2.05, 4.69) is 4.18 Å². The molecule has 0 fully saturated rings. The van der Waals surface area contributed by atoms with Crippen molar-refractivity contribution in [3.05, 3.63) is 42.5 Å². The summed E-state index contributed by atoms with van der Waals surface area (Å²) >= 11 is 0. The van der Waals surface area contributed by atoms with Gasteiger partial charge in [0.2, 0.25) is 0 Å². The first kappa shape index (κ1) is 13.5. The van der Waals surface area contributed by atoms with E-state index in [-0.39, 0.29) is 35.3 Å². The van der Waals surface area contributed by atoms with Crippen LogP contribution in [0.5, 0.6) is 5.75 Å². The van der Waals surface area contributed by atoms with Crippen LogP contribution in [0.4, 0.5) is 0 Å². The summed E-state index contributed by atoms with van der Waals surface area (Å²) in [6.07, 6.45) is 0. The third kappa shape index (κ3) is 3.20. The first-order valence-electron chi connectivity index (χ1n) is 4.26. The van der Waals surface area contributed by atoms with Crippen molar-refractivity contribution in [1.82, 2.24) is 0 Å². The molecule has 2 rings (SSSR count). The van der Waals surface area contributed by atoms with E-state index in [4.69, 9.17) is 5.14 Å². The fraction of sp³-hybridized carbons (Fsp3) is 0. The summed E-state index contributed by atoms with van der Waals surface area (Å²) in [5.74, 6) is 0.246. The molecule has 0 aliphatic heterocycles. The van der Waals surface area contributed by atoms with Crippen LogP contribution in [0.1, 0.15) is 0 Å². The molecule has 0 aliphatic carbocycles. The van der Waals surface area contributed by atoms with Crippen molar-refractivity contribution in [1.29, 1.82) is 0 Å². The van der Waals surface area contributed by atoms with Crippen molar-refractivity contribution in [2.45, 2.75) is 0 Å². The van der Waals surface area contributed by atoms with Crippen LogP contribution in [0, 0.1) is 0 Å². The van der Waals surface area contributed by atoms with Crippen LogP contribution < -0.4 is 9.32 Å². The van der Waals surface area contributed by atoms with Crippen LogP contribution in [0.2, 0.25) is 0 Å². The molecule has 6 heteroatoms. The van der Waals surface area contributed by atoms with Crippen molar-refractivity contribution >= 4 is 50.6 Å². The normalized spacial score (nSPS) is 10.8. The Labute approximate surface area is 116 Å². The van der Waals surface area contributed by atoms with Crippen molar-refractivity contribution in [2.75, 3.05) is 0 Å². The molecule has 0 aliphatic rings. The molecule has 4 nitrogen and oxygen atoms in total. The molecule has 0 unspecified atom stereocenters. The van der Waals surface area contributed by atoms with Gasteiger partial charge >= 0.3 is 39.9 Å². The number of fused-ring (bicyclic) bond motifs is 1. The second kappa shape index (κ2) is 5.16. The Morgan fingerprint density at radius 3 is 2.31 bits per heavy atom. The molecule has 0 atom stereocenters. The average Bonchev–Trinajstić information content (AvgIpc) is 2.16. The summed E-state index contributed by atoms with van der Waals surface area (Å²) < 4.78 is 26.3. The number of benzene rings is 2. The summed E-state index contributed by atoms with van der Waals surface area (Å²) in [6, 6.07) is 12.4. The van der Waals surface area contributed by atoms with Gasteiger partial charge in [0.15, 0.2) is 5.75 Å². The molecule has 80 valence electrons. The zero-order chi connectivity index (χ0) is 10.9. The quantitative estimate of drug-likeness (QED) is 0.797. The van der Waals surface area contributed by atoms with Crippen LogP contribution >= 0.6 is 0 Å². The molecule has 2 aromatic rings. The number of hydrogen-bond acceptors (Lipinski definition) is 3. The minimum absolute atomic E-state index is 0. The van der Waals surface area contributed by atoms with Gasteiger partial charge in [-0.25, -0.2) is 0 Å². The Morgan fingerprint density at radius 1 is 1.00 bits per heavy atom. The molecule has 0 spiro atoms. The maximum absolute atomic E-state index is 10.8. The van der Waals surface area contributed by atoms with E-state index in [1.165, 1.54) is 0 Å². The van der Waals surface area contributed by atoms with Gasteiger partial charge in [-0.15, -0.1) is 0 Å². The molecule has 0 amide bonds. The molecule has 0 saturated heterocycles. The van der Waals surface area contributed by atoms with Gasteiger partial charge in [0.05, 0.1) is 0 Å². The third-order valence-electron chi connectivity index (χ3n) is 1.96. The molecule has 0 heterocycles. The van der Waals surface area contributed by atoms with E-state index in [0.29, 0.717) is 5.39 Å². The van der Waals surface area contributed by atoms with E-state index in [9.17, 15) is 8.42 Å². The first-order valence-corrected chi connectivity index (χ1v) is 5.73. The molecule has 0 aromatic heterocycles. The third-order valence-corrected chi connectivity index (χ3v) is 2.37. The van der Waals surface area contributed by atoms with Gasteiger partial charge in [-0.05, 0) is 11.5 Å². The molecule has 2 aromatic carbocycles. The average molecular weight is 247 g/mol. The molecule has 2 N–H and O–H groups in total. The second-order valence-corrected chi connectivity index (χ2v) is 4.21. The van der Waals surface area contributed by atoms with Gasteiger partial charge < -0.3 is 4.18 Å². The van der Waals surface area contributed by atoms with Crippen LogP contribution in [-0.2, 0) is 10.3 Å². The standard InChI is InChI=1S/C10H9NO3S.Na.H/c11-15(12,13)14-10-7-3-5-8-4-1-2-6-9(8)10;;/h1-7H,(H2,11,12,13);;. The van der Waals surface area contributed by atoms with Gasteiger partial charge in [-0.2, -0.15) is 13.6 Å². The monoisotopic (exact) mass is 247 g/mol. The molecular weight excluding hydrogens is 237 g/mol. The molecule has 0 bridgehead atoms. The van der Waals surface area contributed by atoms with E-state index < -0.39 is 10.3 Å². The molecule has 16 heavy (non-hydrogen) atoms. The van der Waals surface area contributed by atoms with Crippen LogP contribution in [-0.4, -0.2) is 38.0 Å². The number of hydrogen-bond donors (Lipinski definition) is 1. The van der Waals surface area contributed by atoms with Crippen molar-refractivity contribution < 1.29 is 12.6 Å². The van der Waals surface area contributed by atoms with Crippen LogP contribution in [0.15, 0.2) is 42.5 Å². The Kier molecular flexibility index (Phi) is 4.35. The summed E-state index contributed by atoms with van der Waals surface area (Å²) in [5, 5.41) is 6.43. The maximum atomic E-state index is 10.8. The predicted octanol–water partition coefficient (Wildman–Crippen LogP) is 0.774. The van der Waals surface area contributed by atoms with Crippen LogP contribution in [0.25, 0.3) is 10.8 Å². The predicted molar refractivity (Wildman–Crippen MR) is 64.8 cm³/mol. The van der Waals surface area contributed by atoms with Gasteiger partial charge in [0.1, 0.15) is 0 Å². The zero-order valence-electron chi connectivity index (χ0n) is 7.75. The fourth-order valence-electron chi connectivity index (χ4n) is 1.39. The van der Waals surface area contributed by atoms with Gasteiger partial charge in [0.25, 0.3) is 0 Å². The van der Waals surface area contributed by atoms with Gasteiger partial charge in [-0.1, -0.05) is 36.4 Å². The minimum atomic E-state index is -3.97. The van der Waals surface area contributed by atoms with Gasteiger partial charge in [0, 0.05) is 5.39 Å². The topological polar surface area (TPSA) is 69.4 Å². The number of rotatable bonds is 2. The summed E-state index contributed by atoms with van der Waals surface area (Å²) in [5.41, 5.74) is 0. The van der Waals surface area contributed by atoms with E-state index >= 15 is 0 Å². The summed E-state index contributed by atoms with van der Waals surface area (Å²) in [7, 11) is -3.97. The van der Waals surface area contributed by atoms with Crippen molar-refractivity contribution in [2.24, 2.45) is 5.14 Å². The Bertz CT molecular complexity index is 593. The molecule has 0 radical (unpaired) electrons. The van der Waals surface area contributed by atoms with Crippen molar-refractivity contribution in [3.8, 4) is 5.75 Å². The van der Waals surface area contributed by atoms with E-state index in [1.807, 2.05) is 18.2 Å². The SMILES string of the molecule is NS(=O)(=O)Oc1cccc2ccccc12.[NaH]. The van der Waals surface area contributed by atoms with E-state index in [1.54, 1.807) is 24.3 Å². The van der Waals surface area contributed by atoms with Crippen molar-refractivity contribution in [3.63, 3.8) is 0 Å². The number of nitrogens with two attached hydrogens (primary N) is 1. The Balaban J connectivity index is 0.00000128. The van der Waals surface area contributed by atoms with E-state index in [0.717, 1.165) is 5.39 Å². The fourth-order valence-corrected chi connectivity index (χ4v) is 1.79. The Morgan fingerprint density at radius 2 is 1.62 bits per heavy atom. The first-order chi connectivity index (χ1) is 7.06. The Hall–Kier alpha value is -0.590. The summed E-state index contributed by atoms with van der Waals surface area (Å²) in [6.45, 7) is 0. The molecule has 0 saturated carbocycles. The zero-order valence-corrected chi connectivity index (χ0v) is 8.57. The molecular formula is C10H10NNaO3S.